The monoisotopic (exact) mass is 261 g/mol. The van der Waals surface area contributed by atoms with Crippen LogP contribution in [-0.4, -0.2) is 26.8 Å². The molecule has 3 nitrogen and oxygen atoms in total. The molecule has 0 amide bonds. The summed E-state index contributed by atoms with van der Waals surface area (Å²) in [5, 5.41) is 0.451. The Hall–Kier alpha value is -0.580. The summed E-state index contributed by atoms with van der Waals surface area (Å²) in [6, 6.07) is 4.94. The zero-order valence-electron chi connectivity index (χ0n) is 9.86. The molecule has 0 heterocycles. The molecule has 0 aliphatic carbocycles. The van der Waals surface area contributed by atoms with Crippen molar-refractivity contribution in [1.29, 1.82) is 0 Å². The van der Waals surface area contributed by atoms with Gasteiger partial charge in [0, 0.05) is 19.1 Å². The molecule has 1 aromatic rings. The molecule has 5 heteroatoms. The fraction of sp³-hybridized carbons (Fsp3) is 0.455. The molecule has 0 atom stereocenters. The average Bonchev–Trinajstić information content (AvgIpc) is 2.16. The normalized spacial score (nSPS) is 12.4. The minimum absolute atomic E-state index is 0.244. The molecule has 0 aliphatic heterocycles. The fourth-order valence-corrected chi connectivity index (χ4v) is 2.57. The van der Waals surface area contributed by atoms with E-state index in [2.05, 4.69) is 0 Å². The third-order valence-electron chi connectivity index (χ3n) is 2.34. The lowest BCUT2D eigenvalue weighted by Crippen LogP contribution is -2.22. The molecule has 16 heavy (non-hydrogen) atoms. The van der Waals surface area contributed by atoms with E-state index in [0.29, 0.717) is 5.02 Å². The smallest absolute Gasteiger partial charge is 0.207 e. The van der Waals surface area contributed by atoms with E-state index in [4.69, 9.17) is 11.6 Å². The summed E-state index contributed by atoms with van der Waals surface area (Å²) in [5.74, 6) is 0.245. The number of rotatable bonds is 3. The number of sulfonamides is 1. The van der Waals surface area contributed by atoms with Gasteiger partial charge in [-0.3, -0.25) is 0 Å². The summed E-state index contributed by atoms with van der Waals surface area (Å²) in [5.41, 5.74) is 0.924. The van der Waals surface area contributed by atoms with Crippen molar-refractivity contribution in [2.24, 2.45) is 0 Å². The van der Waals surface area contributed by atoms with Gasteiger partial charge >= 0.3 is 0 Å². The molecule has 0 radical (unpaired) electrons. The molecule has 0 N–H and O–H groups in total. The van der Waals surface area contributed by atoms with Gasteiger partial charge in [-0.25, -0.2) is 12.7 Å². The van der Waals surface area contributed by atoms with Gasteiger partial charge < -0.3 is 0 Å². The lowest BCUT2D eigenvalue weighted by molar-refractivity contribution is 0.520. The zero-order valence-corrected chi connectivity index (χ0v) is 11.4. The lowest BCUT2D eigenvalue weighted by Gasteiger charge is -2.14. The zero-order chi connectivity index (χ0) is 12.5. The van der Waals surface area contributed by atoms with Crippen LogP contribution in [0.3, 0.4) is 0 Å². The predicted molar refractivity (Wildman–Crippen MR) is 66.4 cm³/mol. The molecule has 0 aromatic heterocycles. The van der Waals surface area contributed by atoms with Gasteiger partial charge in [0.15, 0.2) is 0 Å². The number of hydrogen-bond acceptors (Lipinski definition) is 2. The third kappa shape index (κ3) is 2.75. The van der Waals surface area contributed by atoms with E-state index in [0.717, 1.165) is 5.56 Å². The van der Waals surface area contributed by atoms with Gasteiger partial charge in [-0.2, -0.15) is 0 Å². The molecule has 0 aliphatic rings. The topological polar surface area (TPSA) is 37.4 Å². The van der Waals surface area contributed by atoms with Crippen LogP contribution < -0.4 is 0 Å². The van der Waals surface area contributed by atoms with Crippen molar-refractivity contribution in [3.63, 3.8) is 0 Å². The summed E-state index contributed by atoms with van der Waals surface area (Å²) in [4.78, 5) is 0.244. The van der Waals surface area contributed by atoms with Gasteiger partial charge in [0.05, 0.1) is 4.90 Å². The van der Waals surface area contributed by atoms with Gasteiger partial charge in [-0.1, -0.05) is 25.4 Å². The van der Waals surface area contributed by atoms with Gasteiger partial charge in [0.2, 0.25) is 10.0 Å². The molecule has 0 bridgehead atoms. The highest BCUT2D eigenvalue weighted by Gasteiger charge is 2.18. The number of benzene rings is 1. The summed E-state index contributed by atoms with van der Waals surface area (Å²) in [7, 11) is -0.396. The Morgan fingerprint density at radius 1 is 1.19 bits per heavy atom. The fourth-order valence-electron chi connectivity index (χ4n) is 1.28. The number of hydrogen-bond donors (Lipinski definition) is 0. The molecule has 0 spiro atoms. The van der Waals surface area contributed by atoms with E-state index in [1.807, 2.05) is 13.8 Å². The predicted octanol–water partition coefficient (Wildman–Crippen LogP) is 2.71. The van der Waals surface area contributed by atoms with Crippen LogP contribution in [-0.2, 0) is 10.0 Å². The highest BCUT2D eigenvalue weighted by atomic mass is 35.5. The van der Waals surface area contributed by atoms with Crippen LogP contribution in [0.2, 0.25) is 5.02 Å². The van der Waals surface area contributed by atoms with Crippen molar-refractivity contribution in [2.45, 2.75) is 24.7 Å². The van der Waals surface area contributed by atoms with Gasteiger partial charge in [-0.15, -0.1) is 0 Å². The van der Waals surface area contributed by atoms with Crippen molar-refractivity contribution >= 4 is 21.6 Å². The average molecular weight is 262 g/mol. The highest BCUT2D eigenvalue weighted by Crippen LogP contribution is 2.25. The quantitative estimate of drug-likeness (QED) is 0.839. The molecule has 1 rings (SSSR count). The van der Waals surface area contributed by atoms with E-state index in [1.165, 1.54) is 24.5 Å². The van der Waals surface area contributed by atoms with Crippen LogP contribution in [0.25, 0.3) is 0 Å². The Kier molecular flexibility index (Phi) is 3.99. The number of halogens is 1. The van der Waals surface area contributed by atoms with Crippen molar-refractivity contribution < 1.29 is 8.42 Å². The van der Waals surface area contributed by atoms with E-state index in [9.17, 15) is 8.42 Å². The van der Waals surface area contributed by atoms with Crippen LogP contribution in [0.5, 0.6) is 0 Å². The standard InChI is InChI=1S/C11H16ClNO2S/c1-8(2)9-5-10(12)7-11(6-9)16(14,15)13(3)4/h5-8H,1-4H3. The summed E-state index contributed by atoms with van der Waals surface area (Å²) >= 11 is 5.92. The van der Waals surface area contributed by atoms with Crippen LogP contribution in [0.4, 0.5) is 0 Å². The first kappa shape index (κ1) is 13.5. The molecule has 1 aromatic carbocycles. The summed E-state index contributed by atoms with van der Waals surface area (Å²) in [6.07, 6.45) is 0. The molecule has 0 saturated heterocycles. The van der Waals surface area contributed by atoms with Crippen molar-refractivity contribution in [3.8, 4) is 0 Å². The Morgan fingerprint density at radius 2 is 1.75 bits per heavy atom. The van der Waals surface area contributed by atoms with Crippen LogP contribution in [0.1, 0.15) is 25.3 Å². The van der Waals surface area contributed by atoms with Crippen molar-refractivity contribution in [1.82, 2.24) is 4.31 Å². The van der Waals surface area contributed by atoms with Crippen LogP contribution in [0, 0.1) is 0 Å². The largest absolute Gasteiger partial charge is 0.242 e. The molecule has 0 unspecified atom stereocenters. The first-order chi connectivity index (χ1) is 7.25. The van der Waals surface area contributed by atoms with Gasteiger partial charge in [0.1, 0.15) is 0 Å². The Balaban J connectivity index is 3.36. The summed E-state index contributed by atoms with van der Waals surface area (Å²) in [6.45, 7) is 4.00. The summed E-state index contributed by atoms with van der Waals surface area (Å²) < 4.78 is 25.0. The third-order valence-corrected chi connectivity index (χ3v) is 4.35. The first-order valence-electron chi connectivity index (χ1n) is 4.98. The maximum absolute atomic E-state index is 11.9. The maximum Gasteiger partial charge on any atom is 0.242 e. The van der Waals surface area contributed by atoms with E-state index >= 15 is 0 Å². The number of nitrogens with zero attached hydrogens (tertiary/aromatic N) is 1. The van der Waals surface area contributed by atoms with Gasteiger partial charge in [0.25, 0.3) is 0 Å². The second-order valence-electron chi connectivity index (χ2n) is 4.16. The second kappa shape index (κ2) is 4.73. The molecular formula is C11H16ClNO2S. The lowest BCUT2D eigenvalue weighted by atomic mass is 10.0. The van der Waals surface area contributed by atoms with E-state index in [-0.39, 0.29) is 10.8 Å². The maximum atomic E-state index is 11.9. The first-order valence-corrected chi connectivity index (χ1v) is 6.80. The van der Waals surface area contributed by atoms with E-state index < -0.39 is 10.0 Å². The molecule has 0 saturated carbocycles. The Labute approximate surface area is 102 Å². The van der Waals surface area contributed by atoms with Crippen LogP contribution >= 0.6 is 11.6 Å². The minimum Gasteiger partial charge on any atom is -0.207 e. The minimum atomic E-state index is -3.41. The molecular weight excluding hydrogens is 246 g/mol. The Bertz CT molecular complexity index is 481. The SMILES string of the molecule is CC(C)c1cc(Cl)cc(S(=O)(=O)N(C)C)c1. The molecule has 0 fully saturated rings. The Morgan fingerprint density at radius 3 is 2.19 bits per heavy atom. The van der Waals surface area contributed by atoms with Gasteiger partial charge in [-0.05, 0) is 29.7 Å². The molecule has 90 valence electrons. The van der Waals surface area contributed by atoms with E-state index in [1.54, 1.807) is 12.1 Å². The van der Waals surface area contributed by atoms with Crippen molar-refractivity contribution in [3.05, 3.63) is 28.8 Å². The second-order valence-corrected chi connectivity index (χ2v) is 6.75. The van der Waals surface area contributed by atoms with Crippen LogP contribution in [0.15, 0.2) is 23.1 Å². The highest BCUT2D eigenvalue weighted by molar-refractivity contribution is 7.89. The van der Waals surface area contributed by atoms with Crippen molar-refractivity contribution in [2.75, 3.05) is 14.1 Å².